The zero-order valence-electron chi connectivity index (χ0n) is 12.1. The molecule has 1 saturated carbocycles. The van der Waals surface area contributed by atoms with E-state index in [0.29, 0.717) is 12.1 Å². The topological polar surface area (TPSA) is 48.5 Å². The fourth-order valence-electron chi connectivity index (χ4n) is 2.75. The Morgan fingerprint density at radius 3 is 3.05 bits per heavy atom. The number of nitrogens with one attached hydrogen (secondary N) is 1. The normalized spacial score (nSPS) is 23.8. The molecule has 1 aliphatic carbocycles. The first-order valence-corrected chi connectivity index (χ1v) is 8.21. The number of thiazole rings is 1. The van der Waals surface area contributed by atoms with Crippen molar-refractivity contribution in [3.63, 3.8) is 0 Å². The summed E-state index contributed by atoms with van der Waals surface area (Å²) in [7, 11) is 0. The number of hydrogen-bond acceptors (Lipinski definition) is 5. The number of carbonyl (C=O) groups excluding carboxylic acids is 1. The molecule has 5 nitrogen and oxygen atoms in total. The Kier molecular flexibility index (Phi) is 4.05. The number of rotatable bonds is 4. The Labute approximate surface area is 124 Å². The summed E-state index contributed by atoms with van der Waals surface area (Å²) < 4.78 is 0. The van der Waals surface area contributed by atoms with Crippen LogP contribution >= 0.6 is 11.3 Å². The van der Waals surface area contributed by atoms with E-state index >= 15 is 0 Å². The first-order chi connectivity index (χ1) is 9.63. The maximum Gasteiger partial charge on any atom is 0.225 e. The molecule has 20 heavy (non-hydrogen) atoms. The van der Waals surface area contributed by atoms with E-state index in [1.54, 1.807) is 18.3 Å². The second-order valence-corrected chi connectivity index (χ2v) is 6.67. The lowest BCUT2D eigenvalue weighted by molar-refractivity contribution is -0.116. The quantitative estimate of drug-likeness (QED) is 0.913. The molecular formula is C14H22N4OS. The van der Waals surface area contributed by atoms with Gasteiger partial charge in [-0.15, -0.1) is 11.3 Å². The first kappa shape index (κ1) is 14.0. The highest BCUT2D eigenvalue weighted by molar-refractivity contribution is 7.14. The molecule has 0 aromatic carbocycles. The van der Waals surface area contributed by atoms with Gasteiger partial charge in [0, 0.05) is 50.6 Å². The van der Waals surface area contributed by atoms with Crippen molar-refractivity contribution in [3.05, 3.63) is 11.1 Å². The van der Waals surface area contributed by atoms with Crippen LogP contribution in [0.25, 0.3) is 0 Å². The van der Waals surface area contributed by atoms with Crippen LogP contribution in [0.5, 0.6) is 0 Å². The van der Waals surface area contributed by atoms with Gasteiger partial charge in [-0.1, -0.05) is 0 Å². The van der Waals surface area contributed by atoms with Gasteiger partial charge in [-0.05, 0) is 19.8 Å². The maximum absolute atomic E-state index is 11.7. The second-order valence-electron chi connectivity index (χ2n) is 5.83. The molecule has 0 spiro atoms. The van der Waals surface area contributed by atoms with Crippen LogP contribution in [-0.2, 0) is 11.3 Å². The number of amides is 1. The molecule has 1 aromatic rings. The fraction of sp³-hybridized carbons (Fsp3) is 0.714. The van der Waals surface area contributed by atoms with Crippen molar-refractivity contribution in [1.82, 2.24) is 15.2 Å². The molecule has 0 radical (unpaired) electrons. The molecule has 1 saturated heterocycles. The summed E-state index contributed by atoms with van der Waals surface area (Å²) in [5.74, 6) is 0.115. The summed E-state index contributed by atoms with van der Waals surface area (Å²) in [4.78, 5) is 20.7. The number of carbonyl (C=O) groups is 1. The summed E-state index contributed by atoms with van der Waals surface area (Å²) in [6, 6.07) is 0.938. The second kappa shape index (κ2) is 5.79. The fourth-order valence-corrected chi connectivity index (χ4v) is 3.68. The van der Waals surface area contributed by atoms with Crippen LogP contribution in [-0.4, -0.2) is 47.5 Å². The highest BCUT2D eigenvalue weighted by atomic mass is 32.1. The van der Waals surface area contributed by atoms with Gasteiger partial charge in [-0.3, -0.25) is 14.6 Å². The smallest absolute Gasteiger partial charge is 0.225 e. The molecule has 110 valence electrons. The van der Waals surface area contributed by atoms with Crippen molar-refractivity contribution in [2.75, 3.05) is 24.5 Å². The Hall–Kier alpha value is -0.980. The molecule has 1 aliphatic heterocycles. The Balaban J connectivity index is 1.65. The van der Waals surface area contributed by atoms with Gasteiger partial charge in [0.25, 0.3) is 0 Å². The predicted molar refractivity (Wildman–Crippen MR) is 81.0 cm³/mol. The molecule has 0 unspecified atom stereocenters. The van der Waals surface area contributed by atoms with Crippen LogP contribution in [0.2, 0.25) is 0 Å². The third-order valence-corrected chi connectivity index (χ3v) is 4.72. The van der Waals surface area contributed by atoms with Gasteiger partial charge in [0.15, 0.2) is 5.13 Å². The Morgan fingerprint density at radius 1 is 1.60 bits per heavy atom. The standard InChI is InChI=1S/C14H22N4OS/c1-10-7-17(6-5-15-10)8-12-9-20-14(16-12)18(11(2)19)13-3-4-13/h9-10,13,15H,3-8H2,1-2H3/t10-/m0/s1. The van der Waals surface area contributed by atoms with E-state index in [-0.39, 0.29) is 5.91 Å². The molecule has 1 amide bonds. The van der Waals surface area contributed by atoms with Crippen LogP contribution in [0.15, 0.2) is 5.38 Å². The average molecular weight is 294 g/mol. The van der Waals surface area contributed by atoms with Crippen LogP contribution < -0.4 is 10.2 Å². The number of piperazine rings is 1. The first-order valence-electron chi connectivity index (χ1n) is 7.33. The van der Waals surface area contributed by atoms with E-state index in [4.69, 9.17) is 0 Å². The van der Waals surface area contributed by atoms with Gasteiger partial charge in [-0.2, -0.15) is 0 Å². The third-order valence-electron chi connectivity index (χ3n) is 3.84. The molecular weight excluding hydrogens is 272 g/mol. The lowest BCUT2D eigenvalue weighted by atomic mass is 10.2. The van der Waals surface area contributed by atoms with E-state index in [1.165, 1.54) is 0 Å². The Morgan fingerprint density at radius 2 is 2.40 bits per heavy atom. The van der Waals surface area contributed by atoms with Gasteiger partial charge in [0.2, 0.25) is 5.91 Å². The largest absolute Gasteiger partial charge is 0.312 e. The molecule has 2 heterocycles. The zero-order chi connectivity index (χ0) is 14.1. The highest BCUT2D eigenvalue weighted by Crippen LogP contribution is 2.33. The highest BCUT2D eigenvalue weighted by Gasteiger charge is 2.33. The Bertz CT molecular complexity index is 485. The van der Waals surface area contributed by atoms with E-state index < -0.39 is 0 Å². The summed E-state index contributed by atoms with van der Waals surface area (Å²) in [6.45, 7) is 7.90. The van der Waals surface area contributed by atoms with Crippen LogP contribution in [0.4, 0.5) is 5.13 Å². The lowest BCUT2D eigenvalue weighted by Gasteiger charge is -2.31. The maximum atomic E-state index is 11.7. The van der Waals surface area contributed by atoms with Crippen LogP contribution in [0.1, 0.15) is 32.4 Å². The predicted octanol–water partition coefficient (Wildman–Crippen LogP) is 1.45. The average Bonchev–Trinajstić information content (AvgIpc) is 3.10. The third kappa shape index (κ3) is 3.19. The molecule has 1 atom stereocenters. The minimum atomic E-state index is 0.115. The molecule has 6 heteroatoms. The summed E-state index contributed by atoms with van der Waals surface area (Å²) in [5, 5.41) is 6.42. The number of aromatic nitrogens is 1. The molecule has 3 rings (SSSR count). The summed E-state index contributed by atoms with van der Waals surface area (Å²) >= 11 is 1.60. The summed E-state index contributed by atoms with van der Waals surface area (Å²) in [6.07, 6.45) is 2.23. The van der Waals surface area contributed by atoms with Gasteiger partial charge < -0.3 is 5.32 Å². The van der Waals surface area contributed by atoms with Gasteiger partial charge in [-0.25, -0.2) is 4.98 Å². The van der Waals surface area contributed by atoms with Gasteiger partial charge in [0.05, 0.1) is 5.69 Å². The van der Waals surface area contributed by atoms with E-state index in [2.05, 4.69) is 27.5 Å². The van der Waals surface area contributed by atoms with Crippen molar-refractivity contribution in [3.8, 4) is 0 Å². The molecule has 2 aliphatic rings. The summed E-state index contributed by atoms with van der Waals surface area (Å²) in [5.41, 5.74) is 1.09. The van der Waals surface area contributed by atoms with Crippen LogP contribution in [0.3, 0.4) is 0 Å². The number of anilines is 1. The zero-order valence-corrected chi connectivity index (χ0v) is 12.9. The van der Waals surface area contributed by atoms with Gasteiger partial charge in [0.1, 0.15) is 0 Å². The van der Waals surface area contributed by atoms with E-state index in [0.717, 1.165) is 49.8 Å². The minimum Gasteiger partial charge on any atom is -0.312 e. The molecule has 0 bridgehead atoms. The van der Waals surface area contributed by atoms with E-state index in [9.17, 15) is 4.79 Å². The van der Waals surface area contributed by atoms with Crippen molar-refractivity contribution in [2.45, 2.75) is 45.3 Å². The minimum absolute atomic E-state index is 0.115. The number of hydrogen-bond donors (Lipinski definition) is 1. The van der Waals surface area contributed by atoms with Gasteiger partial charge >= 0.3 is 0 Å². The van der Waals surface area contributed by atoms with E-state index in [1.807, 2.05) is 4.90 Å². The molecule has 1 N–H and O–H groups in total. The number of nitrogens with zero attached hydrogens (tertiary/aromatic N) is 3. The van der Waals surface area contributed by atoms with Crippen molar-refractivity contribution >= 4 is 22.4 Å². The van der Waals surface area contributed by atoms with Crippen molar-refractivity contribution in [1.29, 1.82) is 0 Å². The van der Waals surface area contributed by atoms with Crippen LogP contribution in [0, 0.1) is 0 Å². The molecule has 1 aromatic heterocycles. The molecule has 2 fully saturated rings. The van der Waals surface area contributed by atoms with Crippen molar-refractivity contribution < 1.29 is 4.79 Å². The SMILES string of the molecule is CC(=O)N(c1nc(CN2CCN[C@@H](C)C2)cs1)C1CC1. The van der Waals surface area contributed by atoms with Crippen molar-refractivity contribution in [2.24, 2.45) is 0 Å². The lowest BCUT2D eigenvalue weighted by Crippen LogP contribution is -2.48. The monoisotopic (exact) mass is 294 g/mol.